The molecule has 4 nitrogen and oxygen atoms in total. The third kappa shape index (κ3) is 2.94. The summed E-state index contributed by atoms with van der Waals surface area (Å²) >= 11 is 1.40. The van der Waals surface area contributed by atoms with E-state index in [9.17, 15) is 4.79 Å². The Kier molecular flexibility index (Phi) is 3.58. The van der Waals surface area contributed by atoms with Crippen LogP contribution in [0.2, 0.25) is 0 Å². The Morgan fingerprint density at radius 3 is 2.65 bits per heavy atom. The fourth-order valence-corrected chi connectivity index (χ4v) is 2.34. The van der Waals surface area contributed by atoms with Crippen molar-refractivity contribution in [2.45, 2.75) is 19.1 Å². The quantitative estimate of drug-likeness (QED) is 0.644. The Morgan fingerprint density at radius 1 is 1.29 bits per heavy atom. The summed E-state index contributed by atoms with van der Waals surface area (Å²) in [7, 11) is 0. The van der Waals surface area contributed by atoms with Crippen LogP contribution in [0.1, 0.15) is 24.7 Å². The van der Waals surface area contributed by atoms with Crippen molar-refractivity contribution in [1.82, 2.24) is 5.32 Å². The van der Waals surface area contributed by atoms with Crippen molar-refractivity contribution in [3.63, 3.8) is 0 Å². The zero-order valence-electron chi connectivity index (χ0n) is 9.68. The summed E-state index contributed by atoms with van der Waals surface area (Å²) < 4.78 is 0. The average Bonchev–Trinajstić information content (AvgIpc) is 2.69. The van der Waals surface area contributed by atoms with E-state index in [1.54, 1.807) is 0 Å². The maximum Gasteiger partial charge on any atom is 0.244 e. The molecule has 0 radical (unpaired) electrons. The summed E-state index contributed by atoms with van der Waals surface area (Å²) in [5, 5.41) is 11.0. The highest BCUT2D eigenvalue weighted by atomic mass is 32.2. The van der Waals surface area contributed by atoms with Crippen LogP contribution in [0.15, 0.2) is 40.5 Å². The van der Waals surface area contributed by atoms with E-state index in [1.165, 1.54) is 11.8 Å². The van der Waals surface area contributed by atoms with Gasteiger partial charge in [0, 0.05) is 5.71 Å². The molecule has 2 rings (SSSR count). The minimum atomic E-state index is -0.220. The first-order valence-electron chi connectivity index (χ1n) is 5.28. The van der Waals surface area contributed by atoms with Crippen molar-refractivity contribution in [1.29, 1.82) is 0 Å². The van der Waals surface area contributed by atoms with Crippen LogP contribution in [0.5, 0.6) is 0 Å². The second-order valence-electron chi connectivity index (χ2n) is 3.85. The third-order valence-corrected chi connectivity index (χ3v) is 3.27. The van der Waals surface area contributed by atoms with Gasteiger partial charge in [-0.15, -0.1) is 5.10 Å². The number of rotatable bonds is 2. The Balaban J connectivity index is 2.16. The molecular formula is C12H13N3OS. The lowest BCUT2D eigenvalue weighted by molar-refractivity contribution is -0.118. The number of amides is 1. The molecule has 88 valence electrons. The SMILES string of the molecule is CC(C)=NN=C1NC(=O)C(c2ccccc2)S1. The molecule has 1 fully saturated rings. The monoisotopic (exact) mass is 247 g/mol. The van der Waals surface area contributed by atoms with Crippen LogP contribution < -0.4 is 5.32 Å². The van der Waals surface area contributed by atoms with Crippen molar-refractivity contribution >= 4 is 28.5 Å². The zero-order valence-corrected chi connectivity index (χ0v) is 10.5. The van der Waals surface area contributed by atoms with E-state index in [0.29, 0.717) is 5.17 Å². The molecule has 0 spiro atoms. The largest absolute Gasteiger partial charge is 0.302 e. The van der Waals surface area contributed by atoms with Crippen LogP contribution in [-0.2, 0) is 4.79 Å². The molecule has 1 atom stereocenters. The van der Waals surface area contributed by atoms with Gasteiger partial charge in [0.15, 0.2) is 5.17 Å². The maximum absolute atomic E-state index is 11.8. The molecule has 1 unspecified atom stereocenters. The highest BCUT2D eigenvalue weighted by molar-refractivity contribution is 8.15. The lowest BCUT2D eigenvalue weighted by Gasteiger charge is -2.03. The topological polar surface area (TPSA) is 53.8 Å². The zero-order chi connectivity index (χ0) is 12.3. The van der Waals surface area contributed by atoms with Gasteiger partial charge in [-0.1, -0.05) is 42.1 Å². The molecule has 1 saturated heterocycles. The van der Waals surface area contributed by atoms with Crippen LogP contribution in [0.3, 0.4) is 0 Å². The van der Waals surface area contributed by atoms with Crippen molar-refractivity contribution in [3.05, 3.63) is 35.9 Å². The summed E-state index contributed by atoms with van der Waals surface area (Å²) in [5.74, 6) is -0.0380. The Hall–Kier alpha value is -1.62. The maximum atomic E-state index is 11.8. The summed E-state index contributed by atoms with van der Waals surface area (Å²) in [6, 6.07) is 9.66. The first kappa shape index (κ1) is 11.9. The molecular weight excluding hydrogens is 234 g/mol. The van der Waals surface area contributed by atoms with E-state index in [4.69, 9.17) is 0 Å². The fourth-order valence-electron chi connectivity index (χ4n) is 1.41. The molecule has 1 aromatic rings. The molecule has 0 aliphatic carbocycles. The molecule has 1 aliphatic heterocycles. The number of benzene rings is 1. The van der Waals surface area contributed by atoms with Gasteiger partial charge in [-0.3, -0.25) is 4.79 Å². The molecule has 1 amide bonds. The van der Waals surface area contributed by atoms with Crippen molar-refractivity contribution in [2.75, 3.05) is 0 Å². The Morgan fingerprint density at radius 2 is 2.00 bits per heavy atom. The first-order valence-corrected chi connectivity index (χ1v) is 6.16. The van der Waals surface area contributed by atoms with Gasteiger partial charge in [0.05, 0.1) is 0 Å². The molecule has 1 aliphatic rings. The first-order chi connectivity index (χ1) is 8.16. The third-order valence-electron chi connectivity index (χ3n) is 2.14. The molecule has 17 heavy (non-hydrogen) atoms. The van der Waals surface area contributed by atoms with Gasteiger partial charge >= 0.3 is 0 Å². The van der Waals surface area contributed by atoms with Crippen LogP contribution in [-0.4, -0.2) is 16.8 Å². The lowest BCUT2D eigenvalue weighted by atomic mass is 10.1. The van der Waals surface area contributed by atoms with Gasteiger partial charge in [-0.05, 0) is 19.4 Å². The minimum Gasteiger partial charge on any atom is -0.302 e. The van der Waals surface area contributed by atoms with Crippen LogP contribution in [0.4, 0.5) is 0 Å². The van der Waals surface area contributed by atoms with Crippen molar-refractivity contribution in [3.8, 4) is 0 Å². The molecule has 1 N–H and O–H groups in total. The van der Waals surface area contributed by atoms with E-state index in [2.05, 4.69) is 15.5 Å². The number of carbonyl (C=O) groups excluding carboxylic acids is 1. The minimum absolute atomic E-state index is 0.0380. The average molecular weight is 247 g/mol. The lowest BCUT2D eigenvalue weighted by Crippen LogP contribution is -2.21. The number of thioether (sulfide) groups is 1. The summed E-state index contributed by atoms with van der Waals surface area (Å²) in [6.45, 7) is 3.72. The van der Waals surface area contributed by atoms with Gasteiger partial charge in [0.2, 0.25) is 5.91 Å². The molecule has 5 heteroatoms. The van der Waals surface area contributed by atoms with E-state index < -0.39 is 0 Å². The summed E-state index contributed by atoms with van der Waals surface area (Å²) in [5.41, 5.74) is 1.84. The van der Waals surface area contributed by atoms with Crippen molar-refractivity contribution < 1.29 is 4.79 Å². The van der Waals surface area contributed by atoms with Gasteiger partial charge in [-0.25, -0.2) is 0 Å². The second-order valence-corrected chi connectivity index (χ2v) is 4.94. The van der Waals surface area contributed by atoms with Crippen molar-refractivity contribution in [2.24, 2.45) is 10.2 Å². The molecule has 0 aromatic heterocycles. The van der Waals surface area contributed by atoms with Crippen LogP contribution >= 0.6 is 11.8 Å². The fraction of sp³-hybridized carbons (Fsp3) is 0.250. The van der Waals surface area contributed by atoms with Gasteiger partial charge < -0.3 is 5.32 Å². The predicted molar refractivity (Wildman–Crippen MR) is 71.1 cm³/mol. The smallest absolute Gasteiger partial charge is 0.244 e. The predicted octanol–water partition coefficient (Wildman–Crippen LogP) is 2.34. The Bertz CT molecular complexity index is 478. The Labute approximate surface area is 104 Å². The summed E-state index contributed by atoms with van der Waals surface area (Å²) in [4.78, 5) is 11.8. The molecule has 1 aromatic carbocycles. The van der Waals surface area contributed by atoms with Gasteiger partial charge in [0.1, 0.15) is 5.25 Å². The number of hydrogen-bond donors (Lipinski definition) is 1. The molecule has 0 bridgehead atoms. The van der Waals surface area contributed by atoms with E-state index in [-0.39, 0.29) is 11.2 Å². The van der Waals surface area contributed by atoms with E-state index >= 15 is 0 Å². The van der Waals surface area contributed by atoms with E-state index in [1.807, 2.05) is 44.2 Å². The standard InChI is InChI=1S/C12H13N3OS/c1-8(2)14-15-12-13-11(16)10(17-12)9-6-4-3-5-7-9/h3-7,10H,1-2H3,(H,13,15,16). The molecule has 0 saturated carbocycles. The second kappa shape index (κ2) is 5.14. The highest BCUT2D eigenvalue weighted by Gasteiger charge is 2.31. The number of carbonyl (C=O) groups is 1. The highest BCUT2D eigenvalue weighted by Crippen LogP contribution is 2.33. The van der Waals surface area contributed by atoms with Crippen LogP contribution in [0.25, 0.3) is 0 Å². The van der Waals surface area contributed by atoms with Crippen LogP contribution in [0, 0.1) is 0 Å². The van der Waals surface area contributed by atoms with E-state index in [0.717, 1.165) is 11.3 Å². The number of amidine groups is 1. The number of hydrogen-bond acceptors (Lipinski definition) is 4. The van der Waals surface area contributed by atoms with Gasteiger partial charge in [0.25, 0.3) is 0 Å². The number of nitrogens with zero attached hydrogens (tertiary/aromatic N) is 2. The normalized spacial score (nSPS) is 21.4. The van der Waals surface area contributed by atoms with Gasteiger partial charge in [-0.2, -0.15) is 5.10 Å². The summed E-state index contributed by atoms with van der Waals surface area (Å²) in [6.07, 6.45) is 0. The molecule has 1 heterocycles. The number of nitrogens with one attached hydrogen (secondary N) is 1.